The van der Waals surface area contributed by atoms with E-state index in [9.17, 15) is 0 Å². The van der Waals surface area contributed by atoms with Crippen molar-refractivity contribution in [3.63, 3.8) is 0 Å². The Hall–Kier alpha value is -1.26. The number of hydrogen-bond donors (Lipinski definition) is 1. The number of ether oxygens (including phenoxy) is 3. The van der Waals surface area contributed by atoms with Crippen molar-refractivity contribution in [3.05, 3.63) is 23.8 Å². The lowest BCUT2D eigenvalue weighted by molar-refractivity contribution is 0.0678. The Kier molecular flexibility index (Phi) is 5.25. The summed E-state index contributed by atoms with van der Waals surface area (Å²) in [4.78, 5) is 0. The molecule has 1 unspecified atom stereocenters. The quantitative estimate of drug-likeness (QED) is 0.826. The van der Waals surface area contributed by atoms with Gasteiger partial charge in [-0.3, -0.25) is 0 Å². The Morgan fingerprint density at radius 1 is 1.18 bits per heavy atom. The molecule has 1 aromatic rings. The Morgan fingerprint density at radius 3 is 2.41 bits per heavy atom. The van der Waals surface area contributed by atoms with Gasteiger partial charge >= 0.3 is 0 Å². The first kappa shape index (κ1) is 13.8. The molecule has 17 heavy (non-hydrogen) atoms. The van der Waals surface area contributed by atoms with E-state index in [-0.39, 0.29) is 12.1 Å². The van der Waals surface area contributed by atoms with Gasteiger partial charge in [0.1, 0.15) is 0 Å². The van der Waals surface area contributed by atoms with Gasteiger partial charge in [-0.1, -0.05) is 12.1 Å². The van der Waals surface area contributed by atoms with Gasteiger partial charge in [-0.25, -0.2) is 0 Å². The second kappa shape index (κ2) is 6.47. The summed E-state index contributed by atoms with van der Waals surface area (Å²) < 4.78 is 16.1. The molecule has 0 bridgehead atoms. The molecule has 0 aromatic heterocycles. The summed E-state index contributed by atoms with van der Waals surface area (Å²) in [7, 11) is 3.22. The number of methoxy groups -OCH3 is 2. The van der Waals surface area contributed by atoms with E-state index in [1.807, 2.05) is 32.0 Å². The lowest BCUT2D eigenvalue weighted by Gasteiger charge is -2.18. The summed E-state index contributed by atoms with van der Waals surface area (Å²) in [5.41, 5.74) is 6.98. The second-order valence-electron chi connectivity index (χ2n) is 4.07. The Balaban J connectivity index is 2.88. The zero-order valence-electron chi connectivity index (χ0n) is 10.9. The summed E-state index contributed by atoms with van der Waals surface area (Å²) in [5, 5.41) is 0. The van der Waals surface area contributed by atoms with Crippen molar-refractivity contribution in [1.82, 2.24) is 0 Å². The Labute approximate surface area is 103 Å². The molecule has 96 valence electrons. The third-order valence-electron chi connectivity index (χ3n) is 2.44. The molecule has 1 atom stereocenters. The van der Waals surface area contributed by atoms with Gasteiger partial charge in [-0.15, -0.1) is 0 Å². The summed E-state index contributed by atoms with van der Waals surface area (Å²) in [5.74, 6) is 1.36. The zero-order chi connectivity index (χ0) is 12.8. The highest BCUT2D eigenvalue weighted by Gasteiger charge is 2.16. The van der Waals surface area contributed by atoms with Crippen LogP contribution in [0, 0.1) is 0 Å². The van der Waals surface area contributed by atoms with E-state index < -0.39 is 0 Å². The molecule has 0 fully saturated rings. The Bertz CT molecular complexity index is 353. The van der Waals surface area contributed by atoms with Crippen LogP contribution in [-0.2, 0) is 4.74 Å². The summed E-state index contributed by atoms with van der Waals surface area (Å²) in [6, 6.07) is 5.45. The maximum absolute atomic E-state index is 6.08. The molecule has 0 aliphatic heterocycles. The summed E-state index contributed by atoms with van der Waals surface area (Å²) >= 11 is 0. The minimum Gasteiger partial charge on any atom is -0.493 e. The molecule has 0 aliphatic carbocycles. The van der Waals surface area contributed by atoms with E-state index in [0.717, 1.165) is 5.56 Å². The molecule has 0 radical (unpaired) electrons. The van der Waals surface area contributed by atoms with Crippen LogP contribution in [0.2, 0.25) is 0 Å². The molecular formula is C13H21NO3. The van der Waals surface area contributed by atoms with Gasteiger partial charge in [0.15, 0.2) is 11.5 Å². The minimum atomic E-state index is -0.220. The molecule has 0 saturated carbocycles. The normalized spacial score (nSPS) is 12.6. The molecule has 1 rings (SSSR count). The van der Waals surface area contributed by atoms with Crippen LogP contribution in [0.5, 0.6) is 11.5 Å². The third-order valence-corrected chi connectivity index (χ3v) is 2.44. The highest BCUT2D eigenvalue weighted by atomic mass is 16.5. The minimum absolute atomic E-state index is 0.164. The lowest BCUT2D eigenvalue weighted by atomic mass is 10.1. The second-order valence-corrected chi connectivity index (χ2v) is 4.07. The molecule has 0 heterocycles. The molecular weight excluding hydrogens is 218 g/mol. The van der Waals surface area contributed by atoms with Gasteiger partial charge in [-0.2, -0.15) is 0 Å². The number of hydrogen-bond acceptors (Lipinski definition) is 4. The fraction of sp³-hybridized carbons (Fsp3) is 0.538. The molecule has 2 N–H and O–H groups in total. The van der Waals surface area contributed by atoms with Gasteiger partial charge in [-0.05, 0) is 19.9 Å². The SMILES string of the molecule is COc1cccc(C(N)COC(C)C)c1OC. The first-order valence-electron chi connectivity index (χ1n) is 5.68. The van der Waals surface area contributed by atoms with E-state index in [0.29, 0.717) is 18.1 Å². The molecule has 0 aliphatic rings. The zero-order valence-corrected chi connectivity index (χ0v) is 10.9. The molecule has 4 heteroatoms. The van der Waals surface area contributed by atoms with Crippen LogP contribution in [-0.4, -0.2) is 26.9 Å². The van der Waals surface area contributed by atoms with Crippen molar-refractivity contribution in [2.45, 2.75) is 26.0 Å². The highest BCUT2D eigenvalue weighted by molar-refractivity contribution is 5.48. The van der Waals surface area contributed by atoms with Gasteiger partial charge in [0, 0.05) is 5.56 Å². The largest absolute Gasteiger partial charge is 0.493 e. The van der Waals surface area contributed by atoms with Gasteiger partial charge < -0.3 is 19.9 Å². The number of para-hydroxylation sites is 1. The monoisotopic (exact) mass is 239 g/mol. The lowest BCUT2D eigenvalue weighted by Crippen LogP contribution is -2.20. The number of benzene rings is 1. The topological polar surface area (TPSA) is 53.7 Å². The molecule has 4 nitrogen and oxygen atoms in total. The first-order valence-corrected chi connectivity index (χ1v) is 5.68. The van der Waals surface area contributed by atoms with Crippen molar-refractivity contribution < 1.29 is 14.2 Å². The van der Waals surface area contributed by atoms with Crippen LogP contribution >= 0.6 is 0 Å². The maximum Gasteiger partial charge on any atom is 0.165 e. The Morgan fingerprint density at radius 2 is 1.88 bits per heavy atom. The van der Waals surface area contributed by atoms with Crippen LogP contribution < -0.4 is 15.2 Å². The molecule has 0 saturated heterocycles. The predicted octanol–water partition coefficient (Wildman–Crippen LogP) is 2.13. The molecule has 0 spiro atoms. The first-order chi connectivity index (χ1) is 8.10. The van der Waals surface area contributed by atoms with E-state index in [1.165, 1.54) is 0 Å². The smallest absolute Gasteiger partial charge is 0.165 e. The highest BCUT2D eigenvalue weighted by Crippen LogP contribution is 2.33. The molecule has 1 aromatic carbocycles. The van der Waals surface area contributed by atoms with Crippen LogP contribution in [0.4, 0.5) is 0 Å². The summed E-state index contributed by atoms with van der Waals surface area (Å²) in [6.45, 7) is 4.42. The number of nitrogens with two attached hydrogens (primary N) is 1. The standard InChI is InChI=1S/C13H21NO3/c1-9(2)17-8-11(14)10-6-5-7-12(15-3)13(10)16-4/h5-7,9,11H,8,14H2,1-4H3. The van der Waals surface area contributed by atoms with Crippen molar-refractivity contribution in [2.24, 2.45) is 5.73 Å². The van der Waals surface area contributed by atoms with E-state index >= 15 is 0 Å². The van der Waals surface area contributed by atoms with E-state index in [1.54, 1.807) is 14.2 Å². The van der Waals surface area contributed by atoms with Crippen molar-refractivity contribution in [2.75, 3.05) is 20.8 Å². The molecule has 0 amide bonds. The van der Waals surface area contributed by atoms with E-state index in [2.05, 4.69) is 0 Å². The summed E-state index contributed by atoms with van der Waals surface area (Å²) in [6.07, 6.45) is 0.164. The predicted molar refractivity (Wildman–Crippen MR) is 67.6 cm³/mol. The van der Waals surface area contributed by atoms with Crippen LogP contribution in [0.15, 0.2) is 18.2 Å². The van der Waals surface area contributed by atoms with Gasteiger partial charge in [0.25, 0.3) is 0 Å². The number of rotatable bonds is 6. The van der Waals surface area contributed by atoms with Gasteiger partial charge in [0.2, 0.25) is 0 Å². The van der Waals surface area contributed by atoms with Crippen molar-refractivity contribution >= 4 is 0 Å². The van der Waals surface area contributed by atoms with Crippen LogP contribution in [0.1, 0.15) is 25.5 Å². The van der Waals surface area contributed by atoms with Crippen molar-refractivity contribution in [1.29, 1.82) is 0 Å². The van der Waals surface area contributed by atoms with Gasteiger partial charge in [0.05, 0.1) is 33.0 Å². The van der Waals surface area contributed by atoms with Crippen LogP contribution in [0.3, 0.4) is 0 Å². The third kappa shape index (κ3) is 3.61. The van der Waals surface area contributed by atoms with Crippen LogP contribution in [0.25, 0.3) is 0 Å². The average Bonchev–Trinajstić information content (AvgIpc) is 2.34. The van der Waals surface area contributed by atoms with Crippen molar-refractivity contribution in [3.8, 4) is 11.5 Å². The fourth-order valence-electron chi connectivity index (χ4n) is 1.59. The van der Waals surface area contributed by atoms with E-state index in [4.69, 9.17) is 19.9 Å². The maximum atomic E-state index is 6.08. The fourth-order valence-corrected chi connectivity index (χ4v) is 1.59. The average molecular weight is 239 g/mol.